The van der Waals surface area contributed by atoms with E-state index in [0.717, 1.165) is 0 Å². The molecule has 0 radical (unpaired) electrons. The molecule has 0 aromatic rings. The third-order valence-corrected chi connectivity index (χ3v) is 2.01. The van der Waals surface area contributed by atoms with Gasteiger partial charge in [0.2, 0.25) is 0 Å². The molecule has 0 aromatic heterocycles. The molecule has 2 nitrogen and oxygen atoms in total. The van der Waals surface area contributed by atoms with Gasteiger partial charge in [0.15, 0.2) is 0 Å². The van der Waals surface area contributed by atoms with Crippen LogP contribution < -0.4 is 0 Å². The third-order valence-electron chi connectivity index (χ3n) is 2.01. The van der Waals surface area contributed by atoms with Gasteiger partial charge in [-0.15, -0.1) is 12.3 Å². The fourth-order valence-electron chi connectivity index (χ4n) is 0.701. The Morgan fingerprint density at radius 3 is 1.82 bits per heavy atom. The predicted octanol–water partition coefficient (Wildman–Crippen LogP) is 1.19. The molecule has 0 fully saturated rings. The number of Topliss-reactive ketones (excluding diaryl/α,β-unsaturated/α-hetero) is 2. The second-order valence-corrected chi connectivity index (χ2v) is 2.83. The maximum Gasteiger partial charge on any atom is 0.144 e. The third kappa shape index (κ3) is 1.91. The second kappa shape index (κ2) is 3.34. The molecule has 0 aromatic carbocycles. The highest BCUT2D eigenvalue weighted by Gasteiger charge is 2.33. The minimum atomic E-state index is -0.964. The van der Waals surface area contributed by atoms with Crippen molar-refractivity contribution in [1.82, 2.24) is 0 Å². The summed E-state index contributed by atoms with van der Waals surface area (Å²) in [7, 11) is 0. The van der Waals surface area contributed by atoms with Crippen LogP contribution in [0.15, 0.2) is 0 Å². The summed E-state index contributed by atoms with van der Waals surface area (Å²) in [6.45, 7) is 4.36. The standard InChI is InChI=1S/C9H12O2/c1-5-6-9(4,7(2)10)8(3)11/h1H,6H2,2-4H3. The fourth-order valence-corrected chi connectivity index (χ4v) is 0.701. The van der Waals surface area contributed by atoms with E-state index in [0.29, 0.717) is 0 Å². The Morgan fingerprint density at radius 1 is 1.36 bits per heavy atom. The van der Waals surface area contributed by atoms with Crippen LogP contribution in [-0.2, 0) is 9.59 Å². The Kier molecular flexibility index (Phi) is 3.00. The molecule has 0 saturated carbocycles. The molecule has 60 valence electrons. The maximum atomic E-state index is 11.0. The van der Waals surface area contributed by atoms with Gasteiger partial charge in [-0.1, -0.05) is 0 Å². The molecule has 0 saturated heterocycles. The summed E-state index contributed by atoms with van der Waals surface area (Å²) >= 11 is 0. The average molecular weight is 152 g/mol. The number of ketones is 2. The van der Waals surface area contributed by atoms with Crippen molar-refractivity contribution < 1.29 is 9.59 Å². The van der Waals surface area contributed by atoms with E-state index in [9.17, 15) is 9.59 Å². The molecule has 0 atom stereocenters. The first-order valence-electron chi connectivity index (χ1n) is 3.40. The highest BCUT2D eigenvalue weighted by Crippen LogP contribution is 2.22. The summed E-state index contributed by atoms with van der Waals surface area (Å²) in [6, 6.07) is 0. The number of carbonyl (C=O) groups is 2. The quantitative estimate of drug-likeness (QED) is 0.449. The molecule has 0 aliphatic rings. The minimum Gasteiger partial charge on any atom is -0.299 e. The summed E-state index contributed by atoms with van der Waals surface area (Å²) in [5.74, 6) is 2.00. The lowest BCUT2D eigenvalue weighted by atomic mass is 9.80. The van der Waals surface area contributed by atoms with Crippen LogP contribution in [0.25, 0.3) is 0 Å². The van der Waals surface area contributed by atoms with Crippen molar-refractivity contribution in [3.63, 3.8) is 0 Å². The molecule has 2 heteroatoms. The fraction of sp³-hybridized carbons (Fsp3) is 0.556. The molecule has 0 bridgehead atoms. The van der Waals surface area contributed by atoms with Crippen molar-refractivity contribution in [2.75, 3.05) is 0 Å². The molecule has 0 spiro atoms. The molecular weight excluding hydrogens is 140 g/mol. The molecule has 0 rings (SSSR count). The van der Waals surface area contributed by atoms with Gasteiger partial charge in [-0.3, -0.25) is 9.59 Å². The minimum absolute atomic E-state index is 0.164. The van der Waals surface area contributed by atoms with Crippen molar-refractivity contribution in [2.45, 2.75) is 27.2 Å². The Morgan fingerprint density at radius 2 is 1.73 bits per heavy atom. The summed E-state index contributed by atoms with van der Waals surface area (Å²) in [5, 5.41) is 0. The Bertz CT molecular complexity index is 206. The van der Waals surface area contributed by atoms with Crippen LogP contribution in [0.2, 0.25) is 0 Å². The van der Waals surface area contributed by atoms with E-state index in [1.807, 2.05) is 0 Å². The van der Waals surface area contributed by atoms with Crippen LogP contribution >= 0.6 is 0 Å². The second-order valence-electron chi connectivity index (χ2n) is 2.83. The van der Waals surface area contributed by atoms with Gasteiger partial charge in [0.1, 0.15) is 11.6 Å². The van der Waals surface area contributed by atoms with E-state index in [1.54, 1.807) is 6.92 Å². The zero-order valence-corrected chi connectivity index (χ0v) is 7.10. The van der Waals surface area contributed by atoms with Crippen LogP contribution in [0.1, 0.15) is 27.2 Å². The van der Waals surface area contributed by atoms with Crippen molar-refractivity contribution in [1.29, 1.82) is 0 Å². The van der Waals surface area contributed by atoms with E-state index >= 15 is 0 Å². The van der Waals surface area contributed by atoms with E-state index in [2.05, 4.69) is 5.92 Å². The highest BCUT2D eigenvalue weighted by atomic mass is 16.2. The zero-order chi connectivity index (χ0) is 9.07. The van der Waals surface area contributed by atoms with E-state index in [4.69, 9.17) is 6.42 Å². The highest BCUT2D eigenvalue weighted by molar-refractivity contribution is 6.04. The van der Waals surface area contributed by atoms with Gasteiger partial charge in [0.25, 0.3) is 0 Å². The van der Waals surface area contributed by atoms with Gasteiger partial charge >= 0.3 is 0 Å². The number of carbonyl (C=O) groups excluding carboxylic acids is 2. The first-order valence-corrected chi connectivity index (χ1v) is 3.40. The normalized spacial score (nSPS) is 10.4. The molecule has 0 aliphatic carbocycles. The predicted molar refractivity (Wildman–Crippen MR) is 42.9 cm³/mol. The van der Waals surface area contributed by atoms with Gasteiger partial charge < -0.3 is 0 Å². The van der Waals surface area contributed by atoms with Crippen molar-refractivity contribution in [3.05, 3.63) is 0 Å². The largest absolute Gasteiger partial charge is 0.299 e. The molecule has 11 heavy (non-hydrogen) atoms. The van der Waals surface area contributed by atoms with Crippen molar-refractivity contribution in [2.24, 2.45) is 5.41 Å². The average Bonchev–Trinajstić information content (AvgIpc) is 1.87. The number of hydrogen-bond donors (Lipinski definition) is 0. The smallest absolute Gasteiger partial charge is 0.144 e. The van der Waals surface area contributed by atoms with Gasteiger partial charge in [-0.2, -0.15) is 0 Å². The van der Waals surface area contributed by atoms with Crippen LogP contribution in [0, 0.1) is 17.8 Å². The lowest BCUT2D eigenvalue weighted by Crippen LogP contribution is -2.32. The zero-order valence-electron chi connectivity index (χ0n) is 7.10. The van der Waals surface area contributed by atoms with Crippen LogP contribution in [-0.4, -0.2) is 11.6 Å². The molecule has 0 amide bonds. The van der Waals surface area contributed by atoms with Gasteiger partial charge in [0.05, 0.1) is 5.41 Å². The monoisotopic (exact) mass is 152 g/mol. The maximum absolute atomic E-state index is 11.0. The van der Waals surface area contributed by atoms with E-state index in [1.165, 1.54) is 13.8 Å². The van der Waals surface area contributed by atoms with Crippen molar-refractivity contribution in [3.8, 4) is 12.3 Å². The van der Waals surface area contributed by atoms with Gasteiger partial charge in [0, 0.05) is 6.42 Å². The van der Waals surface area contributed by atoms with E-state index < -0.39 is 5.41 Å². The van der Waals surface area contributed by atoms with Gasteiger partial charge in [-0.05, 0) is 20.8 Å². The van der Waals surface area contributed by atoms with E-state index in [-0.39, 0.29) is 18.0 Å². The topological polar surface area (TPSA) is 34.1 Å². The molecule has 0 unspecified atom stereocenters. The molecule has 0 N–H and O–H groups in total. The van der Waals surface area contributed by atoms with Gasteiger partial charge in [-0.25, -0.2) is 0 Å². The summed E-state index contributed by atoms with van der Waals surface area (Å²) in [6.07, 6.45) is 5.23. The molecule has 0 heterocycles. The molecular formula is C9H12O2. The number of hydrogen-bond acceptors (Lipinski definition) is 2. The Labute approximate surface area is 67.0 Å². The Hall–Kier alpha value is -1.10. The summed E-state index contributed by atoms with van der Waals surface area (Å²) in [4.78, 5) is 22.0. The first kappa shape index (κ1) is 9.90. The number of rotatable bonds is 3. The van der Waals surface area contributed by atoms with Crippen LogP contribution in [0.4, 0.5) is 0 Å². The summed E-state index contributed by atoms with van der Waals surface area (Å²) in [5.41, 5.74) is -0.964. The number of terminal acetylenes is 1. The molecule has 0 aliphatic heterocycles. The Balaban J connectivity index is 4.70. The SMILES string of the molecule is C#CCC(C)(C(C)=O)C(C)=O. The summed E-state index contributed by atoms with van der Waals surface area (Å²) < 4.78 is 0. The van der Waals surface area contributed by atoms with Crippen LogP contribution in [0.5, 0.6) is 0 Å². The lowest BCUT2D eigenvalue weighted by molar-refractivity contribution is -0.136. The lowest BCUT2D eigenvalue weighted by Gasteiger charge is -2.19. The first-order chi connectivity index (χ1) is 4.95. The van der Waals surface area contributed by atoms with Crippen molar-refractivity contribution >= 4 is 11.6 Å². The van der Waals surface area contributed by atoms with Crippen LogP contribution in [0.3, 0.4) is 0 Å².